The van der Waals surface area contributed by atoms with Crippen LogP contribution in [0.15, 0.2) is 60.7 Å². The molecular weight excluding hydrogens is 358 g/mol. The molecule has 27 heavy (non-hydrogen) atoms. The highest BCUT2D eigenvalue weighted by Crippen LogP contribution is 2.19. The van der Waals surface area contributed by atoms with Crippen LogP contribution in [0.4, 0.5) is 0 Å². The van der Waals surface area contributed by atoms with Crippen LogP contribution in [0.1, 0.15) is 23.1 Å². The molecule has 2 aromatic rings. The van der Waals surface area contributed by atoms with Crippen LogP contribution in [0.2, 0.25) is 0 Å². The smallest absolute Gasteiger partial charge is 0.246 e. The highest BCUT2D eigenvalue weighted by molar-refractivity contribution is 7.91. The number of amides is 1. The number of hydrogen-bond acceptors (Lipinski definition) is 3. The van der Waals surface area contributed by atoms with Crippen molar-refractivity contribution in [3.63, 3.8) is 0 Å². The molecule has 1 saturated heterocycles. The largest absolute Gasteiger partial charge is 0.335 e. The van der Waals surface area contributed by atoms with Crippen molar-refractivity contribution >= 4 is 21.8 Å². The molecule has 0 bridgehead atoms. The molecule has 0 aromatic heterocycles. The molecule has 0 spiro atoms. The van der Waals surface area contributed by atoms with Crippen molar-refractivity contribution < 1.29 is 13.2 Å². The van der Waals surface area contributed by atoms with Crippen LogP contribution >= 0.6 is 0 Å². The van der Waals surface area contributed by atoms with E-state index in [1.807, 2.05) is 61.5 Å². The maximum absolute atomic E-state index is 12.8. The van der Waals surface area contributed by atoms with Gasteiger partial charge in [0.05, 0.1) is 11.5 Å². The van der Waals surface area contributed by atoms with Crippen LogP contribution < -0.4 is 0 Å². The first kappa shape index (κ1) is 19.4. The van der Waals surface area contributed by atoms with E-state index in [1.165, 1.54) is 5.56 Å². The fraction of sp³-hybridized carbons (Fsp3) is 0.318. The van der Waals surface area contributed by atoms with Crippen molar-refractivity contribution in [3.8, 4) is 0 Å². The molecule has 1 unspecified atom stereocenters. The van der Waals surface area contributed by atoms with E-state index in [9.17, 15) is 13.2 Å². The summed E-state index contributed by atoms with van der Waals surface area (Å²) in [5.74, 6) is 0.0917. The first-order chi connectivity index (χ1) is 12.9. The van der Waals surface area contributed by atoms with Crippen molar-refractivity contribution in [2.75, 3.05) is 18.1 Å². The van der Waals surface area contributed by atoms with Gasteiger partial charge in [0, 0.05) is 18.7 Å². The molecule has 0 N–H and O–H groups in total. The van der Waals surface area contributed by atoms with Crippen molar-refractivity contribution in [2.45, 2.75) is 25.8 Å². The Kier molecular flexibility index (Phi) is 6.11. The summed E-state index contributed by atoms with van der Waals surface area (Å²) < 4.78 is 23.8. The van der Waals surface area contributed by atoms with E-state index in [1.54, 1.807) is 17.1 Å². The molecule has 4 nitrogen and oxygen atoms in total. The minimum Gasteiger partial charge on any atom is -0.335 e. The zero-order chi connectivity index (χ0) is 19.3. The van der Waals surface area contributed by atoms with E-state index in [4.69, 9.17) is 0 Å². The van der Waals surface area contributed by atoms with Gasteiger partial charge in [0.2, 0.25) is 5.91 Å². The molecule has 3 rings (SSSR count). The van der Waals surface area contributed by atoms with Gasteiger partial charge in [0.25, 0.3) is 0 Å². The van der Waals surface area contributed by atoms with Crippen LogP contribution in [0.25, 0.3) is 6.08 Å². The van der Waals surface area contributed by atoms with Crippen LogP contribution in [-0.4, -0.2) is 43.3 Å². The minimum atomic E-state index is -3.05. The molecule has 1 heterocycles. The molecule has 0 radical (unpaired) electrons. The average Bonchev–Trinajstić information content (AvgIpc) is 3.02. The number of carbonyl (C=O) groups is 1. The summed E-state index contributed by atoms with van der Waals surface area (Å²) in [5.41, 5.74) is 3.26. The number of sulfone groups is 1. The van der Waals surface area contributed by atoms with Gasteiger partial charge in [-0.1, -0.05) is 60.2 Å². The molecule has 5 heteroatoms. The zero-order valence-electron chi connectivity index (χ0n) is 15.5. The normalized spacial score (nSPS) is 18.6. The lowest BCUT2D eigenvalue weighted by Crippen LogP contribution is -2.41. The maximum Gasteiger partial charge on any atom is 0.246 e. The van der Waals surface area contributed by atoms with E-state index in [2.05, 4.69) is 0 Å². The molecule has 0 aliphatic carbocycles. The Labute approximate surface area is 161 Å². The highest BCUT2D eigenvalue weighted by atomic mass is 32.2. The maximum atomic E-state index is 12.8. The van der Waals surface area contributed by atoms with Gasteiger partial charge in [0.15, 0.2) is 9.84 Å². The van der Waals surface area contributed by atoms with Crippen molar-refractivity contribution in [1.29, 1.82) is 0 Å². The van der Waals surface area contributed by atoms with Gasteiger partial charge in [-0.2, -0.15) is 0 Å². The Balaban J connectivity index is 1.73. The molecule has 142 valence electrons. The van der Waals surface area contributed by atoms with Gasteiger partial charge < -0.3 is 4.90 Å². The SMILES string of the molecule is Cc1ccc(/C=C/C(=O)N(CCc2ccccc2)C2CCS(=O)(=O)C2)cc1. The average molecular weight is 384 g/mol. The predicted octanol–water partition coefficient (Wildman–Crippen LogP) is 3.27. The van der Waals surface area contributed by atoms with Crippen LogP contribution in [0.3, 0.4) is 0 Å². The summed E-state index contributed by atoms with van der Waals surface area (Å²) in [5, 5.41) is 0. The summed E-state index contributed by atoms with van der Waals surface area (Å²) in [7, 11) is -3.05. The third-order valence-corrected chi connectivity index (χ3v) is 6.66. The van der Waals surface area contributed by atoms with Gasteiger partial charge in [0.1, 0.15) is 0 Å². The Hall–Kier alpha value is -2.40. The number of aryl methyl sites for hydroxylation is 1. The Morgan fingerprint density at radius 1 is 1.11 bits per heavy atom. The molecular formula is C22H25NO3S. The number of rotatable bonds is 6. The fourth-order valence-electron chi connectivity index (χ4n) is 3.33. The van der Waals surface area contributed by atoms with Gasteiger partial charge in [-0.25, -0.2) is 8.42 Å². The van der Waals surface area contributed by atoms with Crippen molar-refractivity contribution in [3.05, 3.63) is 77.4 Å². The molecule has 1 atom stereocenters. The topological polar surface area (TPSA) is 54.5 Å². The molecule has 2 aromatic carbocycles. The van der Waals surface area contributed by atoms with E-state index in [0.29, 0.717) is 19.4 Å². The van der Waals surface area contributed by atoms with Crippen molar-refractivity contribution in [2.24, 2.45) is 0 Å². The third kappa shape index (κ3) is 5.54. The molecule has 1 aliphatic heterocycles. The molecule has 1 fully saturated rings. The van der Waals surface area contributed by atoms with Crippen LogP contribution in [-0.2, 0) is 21.1 Å². The summed E-state index contributed by atoms with van der Waals surface area (Å²) >= 11 is 0. The summed E-state index contributed by atoms with van der Waals surface area (Å²) in [6, 6.07) is 17.6. The second-order valence-electron chi connectivity index (χ2n) is 7.07. The number of nitrogens with zero attached hydrogens (tertiary/aromatic N) is 1. The number of carbonyl (C=O) groups excluding carboxylic acids is 1. The first-order valence-electron chi connectivity index (χ1n) is 9.23. The standard InChI is InChI=1S/C22H25NO3S/c1-18-7-9-20(10-8-18)11-12-22(24)23(21-14-16-27(25,26)17-21)15-13-19-5-3-2-4-6-19/h2-12,21H,13-17H2,1H3/b12-11+. The van der Waals surface area contributed by atoms with Gasteiger partial charge in [-0.15, -0.1) is 0 Å². The van der Waals surface area contributed by atoms with Crippen LogP contribution in [0, 0.1) is 6.92 Å². The minimum absolute atomic E-state index is 0.0614. The Bertz CT molecular complexity index is 902. The second-order valence-corrected chi connectivity index (χ2v) is 9.30. The molecule has 1 aliphatic rings. The van der Waals surface area contributed by atoms with Crippen molar-refractivity contribution in [1.82, 2.24) is 4.90 Å². The summed E-state index contributed by atoms with van der Waals surface area (Å²) in [6.45, 7) is 2.53. The fourth-order valence-corrected chi connectivity index (χ4v) is 5.06. The Morgan fingerprint density at radius 3 is 2.44 bits per heavy atom. The van der Waals surface area contributed by atoms with Crippen LogP contribution in [0.5, 0.6) is 0 Å². The van der Waals surface area contributed by atoms with E-state index in [-0.39, 0.29) is 23.5 Å². The second kappa shape index (κ2) is 8.53. The predicted molar refractivity (Wildman–Crippen MR) is 109 cm³/mol. The number of benzene rings is 2. The summed E-state index contributed by atoms with van der Waals surface area (Å²) in [4.78, 5) is 14.6. The monoisotopic (exact) mass is 383 g/mol. The van der Waals surface area contributed by atoms with Gasteiger partial charge in [-0.05, 0) is 37.0 Å². The van der Waals surface area contributed by atoms with E-state index < -0.39 is 9.84 Å². The molecule has 1 amide bonds. The lowest BCUT2D eigenvalue weighted by Gasteiger charge is -2.27. The van der Waals surface area contributed by atoms with Gasteiger partial charge >= 0.3 is 0 Å². The van der Waals surface area contributed by atoms with E-state index >= 15 is 0 Å². The van der Waals surface area contributed by atoms with E-state index in [0.717, 1.165) is 11.1 Å². The lowest BCUT2D eigenvalue weighted by molar-refractivity contribution is -0.127. The van der Waals surface area contributed by atoms with Gasteiger partial charge in [-0.3, -0.25) is 4.79 Å². The quantitative estimate of drug-likeness (QED) is 0.720. The Morgan fingerprint density at radius 2 is 1.81 bits per heavy atom. The number of hydrogen-bond donors (Lipinski definition) is 0. The lowest BCUT2D eigenvalue weighted by atomic mass is 10.1. The molecule has 0 saturated carbocycles. The zero-order valence-corrected chi connectivity index (χ0v) is 16.4. The third-order valence-electron chi connectivity index (χ3n) is 4.91. The first-order valence-corrected chi connectivity index (χ1v) is 11.0. The highest BCUT2D eigenvalue weighted by Gasteiger charge is 2.33. The summed E-state index contributed by atoms with van der Waals surface area (Å²) in [6.07, 6.45) is 4.57.